The molecule has 106 valence electrons. The van der Waals surface area contributed by atoms with Crippen LogP contribution in [0.25, 0.3) is 10.9 Å². The molecule has 0 saturated carbocycles. The second-order valence-corrected chi connectivity index (χ2v) is 5.03. The highest BCUT2D eigenvalue weighted by Crippen LogP contribution is 2.22. The fraction of sp³-hybridized carbons (Fsp3) is 0.125. The Morgan fingerprint density at radius 1 is 1.24 bits per heavy atom. The number of nitrogens with zero attached hydrogens (tertiary/aromatic N) is 1. The fourth-order valence-electron chi connectivity index (χ4n) is 2.31. The van der Waals surface area contributed by atoms with Crippen LogP contribution < -0.4 is 11.1 Å². The largest absolute Gasteiger partial charge is 0.397 e. The molecule has 5 nitrogen and oxygen atoms in total. The quantitative estimate of drug-likeness (QED) is 0.631. The Morgan fingerprint density at radius 2 is 2.05 bits per heavy atom. The first-order chi connectivity index (χ1) is 10.0. The molecule has 21 heavy (non-hydrogen) atoms. The zero-order chi connectivity index (χ0) is 15.0. The van der Waals surface area contributed by atoms with Gasteiger partial charge in [0.1, 0.15) is 5.69 Å². The van der Waals surface area contributed by atoms with Crippen molar-refractivity contribution >= 4 is 28.2 Å². The van der Waals surface area contributed by atoms with Gasteiger partial charge in [-0.25, -0.2) is 0 Å². The van der Waals surface area contributed by atoms with Crippen LogP contribution in [0.2, 0.25) is 0 Å². The summed E-state index contributed by atoms with van der Waals surface area (Å²) < 4.78 is 0. The second-order valence-electron chi connectivity index (χ2n) is 5.03. The summed E-state index contributed by atoms with van der Waals surface area (Å²) >= 11 is 0. The van der Waals surface area contributed by atoms with E-state index in [2.05, 4.69) is 15.3 Å². The van der Waals surface area contributed by atoms with Crippen LogP contribution in [-0.2, 0) is 0 Å². The van der Waals surface area contributed by atoms with Crippen molar-refractivity contribution in [2.24, 2.45) is 0 Å². The van der Waals surface area contributed by atoms with E-state index in [0.717, 1.165) is 22.3 Å². The highest BCUT2D eigenvalue weighted by molar-refractivity contribution is 6.07. The first-order valence-electron chi connectivity index (χ1n) is 6.67. The third kappa shape index (κ3) is 2.45. The molecular formula is C16H16N4O. The number of aromatic nitrogens is 2. The van der Waals surface area contributed by atoms with Crippen molar-refractivity contribution in [1.29, 1.82) is 0 Å². The molecule has 2 aromatic heterocycles. The number of benzene rings is 1. The average Bonchev–Trinajstić information content (AvgIpc) is 2.87. The van der Waals surface area contributed by atoms with Crippen molar-refractivity contribution < 1.29 is 4.79 Å². The van der Waals surface area contributed by atoms with Gasteiger partial charge >= 0.3 is 0 Å². The van der Waals surface area contributed by atoms with E-state index in [1.165, 1.54) is 0 Å². The molecule has 3 aromatic rings. The number of aryl methyl sites for hydroxylation is 2. The van der Waals surface area contributed by atoms with Gasteiger partial charge in [0.2, 0.25) is 0 Å². The number of aromatic amines is 1. The van der Waals surface area contributed by atoms with E-state index < -0.39 is 0 Å². The van der Waals surface area contributed by atoms with E-state index in [9.17, 15) is 4.79 Å². The molecule has 0 aliphatic heterocycles. The van der Waals surface area contributed by atoms with Crippen LogP contribution in [0.1, 0.15) is 21.9 Å². The van der Waals surface area contributed by atoms with E-state index in [4.69, 9.17) is 5.73 Å². The van der Waals surface area contributed by atoms with E-state index in [1.807, 2.05) is 38.1 Å². The lowest BCUT2D eigenvalue weighted by atomic mass is 10.2. The number of nitrogen functional groups attached to an aromatic ring is 1. The minimum atomic E-state index is -0.209. The van der Waals surface area contributed by atoms with Crippen LogP contribution >= 0.6 is 0 Å². The molecule has 0 spiro atoms. The maximum absolute atomic E-state index is 12.3. The Labute approximate surface area is 122 Å². The number of carbonyl (C=O) groups is 1. The number of fused-ring (bicyclic) bond motifs is 1. The van der Waals surface area contributed by atoms with Gasteiger partial charge in [-0.3, -0.25) is 9.78 Å². The maximum atomic E-state index is 12.3. The minimum Gasteiger partial charge on any atom is -0.397 e. The van der Waals surface area contributed by atoms with Gasteiger partial charge in [-0.15, -0.1) is 0 Å². The zero-order valence-corrected chi connectivity index (χ0v) is 11.9. The number of rotatable bonds is 2. The molecule has 0 radical (unpaired) electrons. The summed E-state index contributed by atoms with van der Waals surface area (Å²) in [6.45, 7) is 3.78. The standard InChI is InChI=1S/C16H16N4O/c1-9-6-7-13(10(2)18-9)20-16(21)14-8-11-4-3-5-12(17)15(11)19-14/h3-8,19H,17H2,1-2H3,(H,20,21). The van der Waals surface area contributed by atoms with Crippen molar-refractivity contribution in [3.63, 3.8) is 0 Å². The summed E-state index contributed by atoms with van der Waals surface area (Å²) in [5, 5.41) is 3.78. The van der Waals surface area contributed by atoms with Gasteiger partial charge < -0.3 is 16.0 Å². The number of anilines is 2. The fourth-order valence-corrected chi connectivity index (χ4v) is 2.31. The molecule has 0 saturated heterocycles. The lowest BCUT2D eigenvalue weighted by Gasteiger charge is -2.07. The summed E-state index contributed by atoms with van der Waals surface area (Å²) in [7, 11) is 0. The number of H-pyrrole nitrogens is 1. The van der Waals surface area contributed by atoms with Gasteiger partial charge in [-0.1, -0.05) is 12.1 Å². The van der Waals surface area contributed by atoms with E-state index >= 15 is 0 Å². The lowest BCUT2D eigenvalue weighted by molar-refractivity contribution is 0.102. The molecule has 0 aliphatic rings. The highest BCUT2D eigenvalue weighted by atomic mass is 16.1. The van der Waals surface area contributed by atoms with Gasteiger partial charge in [0.05, 0.1) is 22.6 Å². The maximum Gasteiger partial charge on any atom is 0.272 e. The van der Waals surface area contributed by atoms with Crippen molar-refractivity contribution in [1.82, 2.24) is 9.97 Å². The highest BCUT2D eigenvalue weighted by Gasteiger charge is 2.12. The molecule has 4 N–H and O–H groups in total. The molecular weight excluding hydrogens is 264 g/mol. The van der Waals surface area contributed by atoms with Gasteiger partial charge in [0, 0.05) is 11.1 Å². The number of nitrogens with one attached hydrogen (secondary N) is 2. The van der Waals surface area contributed by atoms with E-state index in [-0.39, 0.29) is 5.91 Å². The third-order valence-corrected chi connectivity index (χ3v) is 3.41. The van der Waals surface area contributed by atoms with Gasteiger partial charge in [-0.05, 0) is 38.1 Å². The summed E-state index contributed by atoms with van der Waals surface area (Å²) in [6.07, 6.45) is 0. The summed E-state index contributed by atoms with van der Waals surface area (Å²) in [5.74, 6) is -0.209. The molecule has 0 aliphatic carbocycles. The molecule has 2 heterocycles. The van der Waals surface area contributed by atoms with Crippen LogP contribution in [0.3, 0.4) is 0 Å². The molecule has 1 aromatic carbocycles. The number of para-hydroxylation sites is 1. The normalized spacial score (nSPS) is 10.8. The predicted molar refractivity (Wildman–Crippen MR) is 84.4 cm³/mol. The van der Waals surface area contributed by atoms with Crippen molar-refractivity contribution in [3.05, 3.63) is 53.5 Å². The van der Waals surface area contributed by atoms with Crippen molar-refractivity contribution in [2.75, 3.05) is 11.1 Å². The third-order valence-electron chi connectivity index (χ3n) is 3.41. The molecule has 0 bridgehead atoms. The van der Waals surface area contributed by atoms with Crippen LogP contribution in [0.4, 0.5) is 11.4 Å². The average molecular weight is 280 g/mol. The molecule has 0 fully saturated rings. The zero-order valence-electron chi connectivity index (χ0n) is 11.9. The topological polar surface area (TPSA) is 83.8 Å². The monoisotopic (exact) mass is 280 g/mol. The minimum absolute atomic E-state index is 0.209. The van der Waals surface area contributed by atoms with Crippen molar-refractivity contribution in [2.45, 2.75) is 13.8 Å². The number of nitrogens with two attached hydrogens (primary N) is 1. The van der Waals surface area contributed by atoms with Crippen LogP contribution in [0.5, 0.6) is 0 Å². The van der Waals surface area contributed by atoms with Crippen LogP contribution in [0, 0.1) is 13.8 Å². The summed E-state index contributed by atoms with van der Waals surface area (Å²) in [5.41, 5.74) is 10.2. The van der Waals surface area contributed by atoms with Crippen LogP contribution in [0.15, 0.2) is 36.4 Å². The second kappa shape index (κ2) is 4.94. The van der Waals surface area contributed by atoms with E-state index in [1.54, 1.807) is 12.1 Å². The molecule has 5 heteroatoms. The molecule has 0 atom stereocenters. The number of carbonyl (C=O) groups excluding carboxylic acids is 1. The van der Waals surface area contributed by atoms with Gasteiger partial charge in [0.25, 0.3) is 5.91 Å². The first kappa shape index (κ1) is 13.2. The number of hydrogen-bond donors (Lipinski definition) is 3. The first-order valence-corrected chi connectivity index (χ1v) is 6.67. The SMILES string of the molecule is Cc1ccc(NC(=O)c2cc3cccc(N)c3[nH]2)c(C)n1. The Kier molecular flexibility index (Phi) is 3.10. The van der Waals surface area contributed by atoms with Crippen molar-refractivity contribution in [3.8, 4) is 0 Å². The molecule has 0 unspecified atom stereocenters. The number of hydrogen-bond acceptors (Lipinski definition) is 3. The summed E-state index contributed by atoms with van der Waals surface area (Å²) in [6, 6.07) is 11.1. The summed E-state index contributed by atoms with van der Waals surface area (Å²) in [4.78, 5) is 19.7. The van der Waals surface area contributed by atoms with Crippen LogP contribution in [-0.4, -0.2) is 15.9 Å². The Balaban J connectivity index is 1.92. The predicted octanol–water partition coefficient (Wildman–Crippen LogP) is 3.01. The Bertz CT molecular complexity index is 835. The molecule has 3 rings (SSSR count). The van der Waals surface area contributed by atoms with Gasteiger partial charge in [0.15, 0.2) is 0 Å². The molecule has 1 amide bonds. The smallest absolute Gasteiger partial charge is 0.272 e. The Hall–Kier alpha value is -2.82. The Morgan fingerprint density at radius 3 is 2.76 bits per heavy atom. The number of pyridine rings is 1. The number of amides is 1. The van der Waals surface area contributed by atoms with Gasteiger partial charge in [-0.2, -0.15) is 0 Å². The van der Waals surface area contributed by atoms with E-state index in [0.29, 0.717) is 17.1 Å². The lowest BCUT2D eigenvalue weighted by Crippen LogP contribution is -2.13.